The van der Waals surface area contributed by atoms with Gasteiger partial charge in [0.1, 0.15) is 0 Å². The Kier molecular flexibility index (Phi) is 5.78. The summed E-state index contributed by atoms with van der Waals surface area (Å²) in [7, 11) is 1.69. The molecule has 0 saturated heterocycles. The number of amides is 1. The van der Waals surface area contributed by atoms with Crippen molar-refractivity contribution in [2.75, 3.05) is 20.3 Å². The number of benzene rings is 1. The van der Waals surface area contributed by atoms with Gasteiger partial charge in [-0.3, -0.25) is 4.79 Å². The normalized spacial score (nSPS) is 25.4. The van der Waals surface area contributed by atoms with Gasteiger partial charge in [-0.15, -0.1) is 0 Å². The van der Waals surface area contributed by atoms with Gasteiger partial charge in [0.15, 0.2) is 0 Å². The van der Waals surface area contributed by atoms with Gasteiger partial charge in [0, 0.05) is 12.7 Å². The maximum atomic E-state index is 13.0. The summed E-state index contributed by atoms with van der Waals surface area (Å²) in [4.78, 5) is 13.0. The molecule has 0 aromatic heterocycles. The van der Waals surface area contributed by atoms with Crippen LogP contribution in [0.2, 0.25) is 0 Å². The summed E-state index contributed by atoms with van der Waals surface area (Å²) in [5.41, 5.74) is 8.01. The van der Waals surface area contributed by atoms with E-state index in [2.05, 4.69) is 46.0 Å². The molecule has 27 heavy (non-hydrogen) atoms. The minimum atomic E-state index is -0.203. The van der Waals surface area contributed by atoms with Crippen molar-refractivity contribution in [2.45, 2.75) is 71.9 Å². The van der Waals surface area contributed by atoms with E-state index in [9.17, 15) is 4.79 Å². The lowest BCUT2D eigenvalue weighted by Crippen LogP contribution is -2.48. The fourth-order valence-corrected chi connectivity index (χ4v) is 4.80. The van der Waals surface area contributed by atoms with Gasteiger partial charge in [-0.1, -0.05) is 6.07 Å². The first-order chi connectivity index (χ1) is 12.8. The van der Waals surface area contributed by atoms with Gasteiger partial charge >= 0.3 is 0 Å². The molecule has 1 spiro atoms. The predicted octanol–water partition coefficient (Wildman–Crippen LogP) is 4.17. The molecular weight excluding hydrogens is 338 g/mol. The fourth-order valence-electron chi connectivity index (χ4n) is 4.80. The zero-order valence-corrected chi connectivity index (χ0v) is 17.6. The van der Waals surface area contributed by atoms with Crippen LogP contribution in [0, 0.1) is 27.7 Å². The number of carbonyl (C=O) groups excluding carboxylic acids is 1. The summed E-state index contributed by atoms with van der Waals surface area (Å²) in [5, 5.41) is 3.35. The lowest BCUT2D eigenvalue weighted by atomic mass is 9.75. The Morgan fingerprint density at radius 3 is 2.33 bits per heavy atom. The van der Waals surface area contributed by atoms with Crippen LogP contribution >= 0.6 is 0 Å². The second-order valence-corrected chi connectivity index (χ2v) is 8.23. The zero-order valence-electron chi connectivity index (χ0n) is 17.6. The van der Waals surface area contributed by atoms with Gasteiger partial charge < -0.3 is 14.8 Å². The summed E-state index contributed by atoms with van der Waals surface area (Å²) >= 11 is 0. The van der Waals surface area contributed by atoms with Crippen LogP contribution < -0.4 is 5.32 Å². The standard InChI is InChI=1S/C23H33NO3/c1-14-13-15(2)20(17(4)16(14)3)21-18(5)23(24-22(21)25)9-7-19(8-10-23)27-12-11-26-6/h13,19H,7-12H2,1-6H3,(H,24,25). The third-order valence-corrected chi connectivity index (χ3v) is 6.71. The van der Waals surface area contributed by atoms with Crippen LogP contribution in [0.5, 0.6) is 0 Å². The highest BCUT2D eigenvalue weighted by molar-refractivity contribution is 6.24. The molecule has 0 bridgehead atoms. The van der Waals surface area contributed by atoms with Crippen LogP contribution in [0.1, 0.15) is 60.4 Å². The first-order valence-electron chi connectivity index (χ1n) is 10.0. The maximum absolute atomic E-state index is 13.0. The molecule has 1 aliphatic carbocycles. The monoisotopic (exact) mass is 371 g/mol. The van der Waals surface area contributed by atoms with Crippen LogP contribution in [-0.2, 0) is 14.3 Å². The van der Waals surface area contributed by atoms with E-state index in [0.29, 0.717) is 13.2 Å². The van der Waals surface area contributed by atoms with Crippen LogP contribution in [0.3, 0.4) is 0 Å². The lowest BCUT2D eigenvalue weighted by Gasteiger charge is -2.38. The maximum Gasteiger partial charge on any atom is 0.252 e. The highest BCUT2D eigenvalue weighted by Gasteiger charge is 2.45. The number of nitrogens with one attached hydrogen (secondary N) is 1. The van der Waals surface area contributed by atoms with Gasteiger partial charge in [0.2, 0.25) is 0 Å². The smallest absolute Gasteiger partial charge is 0.252 e. The summed E-state index contributed by atoms with van der Waals surface area (Å²) in [6.07, 6.45) is 4.09. The van der Waals surface area contributed by atoms with Crippen molar-refractivity contribution in [3.8, 4) is 0 Å². The minimum Gasteiger partial charge on any atom is -0.382 e. The number of ether oxygens (including phenoxy) is 2. The first kappa shape index (κ1) is 20.1. The highest BCUT2D eigenvalue weighted by atomic mass is 16.5. The van der Waals surface area contributed by atoms with E-state index >= 15 is 0 Å². The topological polar surface area (TPSA) is 47.6 Å². The van der Waals surface area contributed by atoms with Gasteiger partial charge in [-0.25, -0.2) is 0 Å². The van der Waals surface area contributed by atoms with Crippen molar-refractivity contribution >= 4 is 11.5 Å². The zero-order chi connectivity index (χ0) is 19.8. The summed E-state index contributed by atoms with van der Waals surface area (Å²) in [6.45, 7) is 12.0. The molecule has 4 nitrogen and oxygen atoms in total. The molecule has 1 fully saturated rings. The average molecular weight is 372 g/mol. The number of hydrogen-bond donors (Lipinski definition) is 1. The largest absolute Gasteiger partial charge is 0.382 e. The van der Waals surface area contributed by atoms with Gasteiger partial charge in [0.05, 0.1) is 24.9 Å². The van der Waals surface area contributed by atoms with E-state index in [1.165, 1.54) is 27.8 Å². The number of carbonyl (C=O) groups is 1. The Bertz CT molecular complexity index is 770. The Hall–Kier alpha value is -1.65. The highest BCUT2D eigenvalue weighted by Crippen LogP contribution is 2.44. The van der Waals surface area contributed by atoms with Gasteiger partial charge in [0.25, 0.3) is 5.91 Å². The first-order valence-corrected chi connectivity index (χ1v) is 10.0. The lowest BCUT2D eigenvalue weighted by molar-refractivity contribution is -0.116. The number of hydrogen-bond acceptors (Lipinski definition) is 3. The van der Waals surface area contributed by atoms with Crippen molar-refractivity contribution in [1.82, 2.24) is 5.32 Å². The molecule has 148 valence electrons. The average Bonchev–Trinajstić information content (AvgIpc) is 2.86. The molecule has 0 atom stereocenters. The molecule has 1 N–H and O–H groups in total. The molecule has 1 amide bonds. The van der Waals surface area contributed by atoms with E-state index in [4.69, 9.17) is 9.47 Å². The van der Waals surface area contributed by atoms with E-state index in [1.807, 2.05) is 0 Å². The second kappa shape index (κ2) is 7.76. The third-order valence-electron chi connectivity index (χ3n) is 6.71. The van der Waals surface area contributed by atoms with E-state index in [0.717, 1.165) is 36.8 Å². The van der Waals surface area contributed by atoms with Crippen molar-refractivity contribution in [2.24, 2.45) is 0 Å². The molecule has 1 aromatic rings. The molecule has 1 aliphatic heterocycles. The number of aryl methyl sites for hydroxylation is 2. The van der Waals surface area contributed by atoms with Crippen molar-refractivity contribution in [1.29, 1.82) is 0 Å². The molecule has 1 heterocycles. The van der Waals surface area contributed by atoms with Crippen molar-refractivity contribution in [3.63, 3.8) is 0 Å². The second-order valence-electron chi connectivity index (χ2n) is 8.23. The number of methoxy groups -OCH3 is 1. The third kappa shape index (κ3) is 3.57. The molecule has 4 heteroatoms. The molecule has 1 aromatic carbocycles. The predicted molar refractivity (Wildman–Crippen MR) is 109 cm³/mol. The number of rotatable bonds is 5. The van der Waals surface area contributed by atoms with Crippen LogP contribution in [0.25, 0.3) is 5.57 Å². The van der Waals surface area contributed by atoms with Crippen LogP contribution in [0.15, 0.2) is 11.6 Å². The molecule has 2 aliphatic rings. The summed E-state index contributed by atoms with van der Waals surface area (Å²) in [6, 6.07) is 2.21. The Morgan fingerprint density at radius 2 is 1.70 bits per heavy atom. The molecule has 0 radical (unpaired) electrons. The van der Waals surface area contributed by atoms with E-state index in [-0.39, 0.29) is 17.6 Å². The van der Waals surface area contributed by atoms with E-state index < -0.39 is 0 Å². The SMILES string of the molecule is COCCOC1CCC2(CC1)NC(=O)C(c1c(C)cc(C)c(C)c1C)=C2C. The van der Waals surface area contributed by atoms with E-state index in [1.54, 1.807) is 7.11 Å². The Labute approximate surface area is 163 Å². The molecule has 1 saturated carbocycles. The molecule has 3 rings (SSSR count). The minimum absolute atomic E-state index is 0.0840. The summed E-state index contributed by atoms with van der Waals surface area (Å²) < 4.78 is 11.0. The van der Waals surface area contributed by atoms with Crippen LogP contribution in [-0.4, -0.2) is 37.9 Å². The fraction of sp³-hybridized carbons (Fsp3) is 0.609. The van der Waals surface area contributed by atoms with Gasteiger partial charge in [-0.05, 0) is 93.7 Å². The molecule has 0 unspecified atom stereocenters. The van der Waals surface area contributed by atoms with Crippen molar-refractivity contribution < 1.29 is 14.3 Å². The molecular formula is C23H33NO3. The van der Waals surface area contributed by atoms with Crippen molar-refractivity contribution in [3.05, 3.63) is 39.5 Å². The quantitative estimate of drug-likeness (QED) is 0.791. The van der Waals surface area contributed by atoms with Crippen LogP contribution in [0.4, 0.5) is 0 Å². The van der Waals surface area contributed by atoms with Gasteiger partial charge in [-0.2, -0.15) is 0 Å². The Morgan fingerprint density at radius 1 is 1.04 bits per heavy atom. The Balaban J connectivity index is 1.88. The summed E-state index contributed by atoms with van der Waals surface area (Å²) in [5.74, 6) is 0.0840.